The summed E-state index contributed by atoms with van der Waals surface area (Å²) in [5.74, 6) is 0. The van der Waals surface area contributed by atoms with E-state index in [0.29, 0.717) is 12.2 Å². The van der Waals surface area contributed by atoms with E-state index in [9.17, 15) is 8.42 Å². The minimum Gasteiger partial charge on any atom is -0.288 e. The van der Waals surface area contributed by atoms with E-state index in [4.69, 9.17) is 11.6 Å². The minimum absolute atomic E-state index is 0.000156. The summed E-state index contributed by atoms with van der Waals surface area (Å²) >= 11 is 6.00. The van der Waals surface area contributed by atoms with Crippen LogP contribution in [0.5, 0.6) is 0 Å². The Balaban J connectivity index is 1.81. The zero-order chi connectivity index (χ0) is 14.9. The van der Waals surface area contributed by atoms with Gasteiger partial charge in [-0.05, 0) is 37.8 Å². The molecule has 1 N–H and O–H groups in total. The second kappa shape index (κ2) is 5.79. The highest BCUT2D eigenvalue weighted by molar-refractivity contribution is 7.89. The molecule has 0 aromatic carbocycles. The van der Waals surface area contributed by atoms with Gasteiger partial charge in [-0.15, -0.1) is 0 Å². The Hall–Kier alpha value is -1.37. The van der Waals surface area contributed by atoms with Crippen LogP contribution in [0, 0.1) is 0 Å². The van der Waals surface area contributed by atoms with Gasteiger partial charge in [-0.3, -0.25) is 4.40 Å². The molecule has 3 rings (SSSR count). The summed E-state index contributed by atoms with van der Waals surface area (Å²) in [6.45, 7) is 0.380. The quantitative estimate of drug-likeness (QED) is 0.860. The Bertz CT molecular complexity index is 796. The van der Waals surface area contributed by atoms with Crippen LogP contribution in [0.3, 0.4) is 0 Å². The number of pyridine rings is 1. The standard InChI is InChI=1S/C14H16ClN3O2S/c15-13-14(18-10-4-3-7-12(18)17-13)21(19,20)16-9-8-11-5-1-2-6-11/h3-5,7,10,16H,1-2,6,8-9H2. The van der Waals surface area contributed by atoms with E-state index in [1.54, 1.807) is 24.4 Å². The maximum Gasteiger partial charge on any atom is 0.259 e. The third-order valence-electron chi connectivity index (χ3n) is 3.57. The van der Waals surface area contributed by atoms with Gasteiger partial charge in [0.05, 0.1) is 0 Å². The number of hydrogen-bond donors (Lipinski definition) is 1. The molecule has 0 bridgehead atoms. The van der Waals surface area contributed by atoms with Crippen molar-refractivity contribution in [2.75, 3.05) is 6.54 Å². The largest absolute Gasteiger partial charge is 0.288 e. The first kappa shape index (κ1) is 14.6. The molecule has 21 heavy (non-hydrogen) atoms. The van der Waals surface area contributed by atoms with Crippen LogP contribution in [0.15, 0.2) is 41.1 Å². The number of halogens is 1. The molecule has 0 fully saturated rings. The van der Waals surface area contributed by atoms with Gasteiger partial charge in [0.1, 0.15) is 5.65 Å². The molecule has 112 valence electrons. The number of nitrogens with zero attached hydrogens (tertiary/aromatic N) is 2. The van der Waals surface area contributed by atoms with E-state index in [2.05, 4.69) is 15.8 Å². The Kier molecular flexibility index (Phi) is 4.01. The van der Waals surface area contributed by atoms with Crippen molar-refractivity contribution in [3.8, 4) is 0 Å². The Morgan fingerprint density at radius 1 is 1.38 bits per heavy atom. The first-order valence-corrected chi connectivity index (χ1v) is 8.74. The van der Waals surface area contributed by atoms with Crippen molar-refractivity contribution in [2.45, 2.75) is 30.7 Å². The van der Waals surface area contributed by atoms with E-state index in [0.717, 1.165) is 19.3 Å². The Labute approximate surface area is 128 Å². The van der Waals surface area contributed by atoms with E-state index in [1.807, 2.05) is 0 Å². The lowest BCUT2D eigenvalue weighted by molar-refractivity contribution is 0.576. The van der Waals surface area contributed by atoms with Crippen LogP contribution in [0.2, 0.25) is 5.15 Å². The topological polar surface area (TPSA) is 63.5 Å². The molecular formula is C14H16ClN3O2S. The van der Waals surface area contributed by atoms with Crippen LogP contribution < -0.4 is 4.72 Å². The molecule has 1 aliphatic rings. The Morgan fingerprint density at radius 2 is 2.24 bits per heavy atom. The molecule has 0 atom stereocenters. The van der Waals surface area contributed by atoms with E-state index >= 15 is 0 Å². The van der Waals surface area contributed by atoms with Gasteiger partial charge in [0, 0.05) is 12.7 Å². The highest BCUT2D eigenvalue weighted by Crippen LogP contribution is 2.23. The first-order chi connectivity index (χ1) is 10.1. The molecule has 0 radical (unpaired) electrons. The number of fused-ring (bicyclic) bond motifs is 1. The van der Waals surface area contributed by atoms with Crippen molar-refractivity contribution >= 4 is 27.3 Å². The van der Waals surface area contributed by atoms with E-state index in [-0.39, 0.29) is 10.2 Å². The average molecular weight is 326 g/mol. The third kappa shape index (κ3) is 2.97. The highest BCUT2D eigenvalue weighted by Gasteiger charge is 2.23. The van der Waals surface area contributed by atoms with Gasteiger partial charge in [0.25, 0.3) is 10.0 Å². The average Bonchev–Trinajstić information content (AvgIpc) is 3.04. The summed E-state index contributed by atoms with van der Waals surface area (Å²) in [7, 11) is -3.67. The van der Waals surface area contributed by atoms with Crippen LogP contribution in [0.4, 0.5) is 0 Å². The van der Waals surface area contributed by atoms with Crippen molar-refractivity contribution in [3.63, 3.8) is 0 Å². The van der Waals surface area contributed by atoms with Crippen molar-refractivity contribution in [2.24, 2.45) is 0 Å². The summed E-state index contributed by atoms with van der Waals surface area (Å²) in [4.78, 5) is 4.06. The molecule has 2 aromatic rings. The third-order valence-corrected chi connectivity index (χ3v) is 5.43. The molecule has 0 saturated heterocycles. The second-order valence-corrected chi connectivity index (χ2v) is 7.08. The molecule has 0 aliphatic heterocycles. The van der Waals surface area contributed by atoms with Crippen LogP contribution >= 0.6 is 11.6 Å². The lowest BCUT2D eigenvalue weighted by Crippen LogP contribution is -2.26. The van der Waals surface area contributed by atoms with Crippen molar-refractivity contribution in [1.82, 2.24) is 14.1 Å². The monoisotopic (exact) mass is 325 g/mol. The summed E-state index contributed by atoms with van der Waals surface area (Å²) in [5.41, 5.74) is 1.84. The summed E-state index contributed by atoms with van der Waals surface area (Å²) in [6, 6.07) is 5.25. The van der Waals surface area contributed by atoms with Gasteiger partial charge < -0.3 is 0 Å². The van der Waals surface area contributed by atoms with E-state index in [1.165, 1.54) is 16.4 Å². The molecule has 7 heteroatoms. The van der Waals surface area contributed by atoms with Crippen molar-refractivity contribution in [3.05, 3.63) is 41.2 Å². The van der Waals surface area contributed by atoms with Gasteiger partial charge in [0.15, 0.2) is 10.2 Å². The fraction of sp³-hybridized carbons (Fsp3) is 0.357. The maximum absolute atomic E-state index is 12.4. The van der Waals surface area contributed by atoms with Gasteiger partial charge in [-0.2, -0.15) is 0 Å². The van der Waals surface area contributed by atoms with E-state index < -0.39 is 10.0 Å². The first-order valence-electron chi connectivity index (χ1n) is 6.88. The molecule has 1 aliphatic carbocycles. The summed E-state index contributed by atoms with van der Waals surface area (Å²) in [6.07, 6.45) is 7.91. The number of sulfonamides is 1. The van der Waals surface area contributed by atoms with Gasteiger partial charge >= 0.3 is 0 Å². The number of rotatable bonds is 5. The number of nitrogens with one attached hydrogen (secondary N) is 1. The molecule has 2 aromatic heterocycles. The zero-order valence-corrected chi connectivity index (χ0v) is 13.0. The predicted octanol–water partition coefficient (Wildman–Crippen LogP) is 2.77. The number of imidazole rings is 1. The summed E-state index contributed by atoms with van der Waals surface area (Å²) < 4.78 is 28.9. The normalized spacial score (nSPS) is 15.6. The molecule has 0 unspecified atom stereocenters. The van der Waals surface area contributed by atoms with Crippen LogP contribution in [0.1, 0.15) is 25.7 Å². The number of aromatic nitrogens is 2. The number of allylic oxidation sites excluding steroid dienone is 1. The molecular weight excluding hydrogens is 310 g/mol. The van der Waals surface area contributed by atoms with Crippen LogP contribution in [-0.2, 0) is 10.0 Å². The highest BCUT2D eigenvalue weighted by atomic mass is 35.5. The SMILES string of the molecule is O=S(=O)(NCCC1=CCCC1)c1c(Cl)nc2ccccn12. The second-order valence-electron chi connectivity index (χ2n) is 5.04. The van der Waals surface area contributed by atoms with Crippen LogP contribution in [0.25, 0.3) is 5.65 Å². The lowest BCUT2D eigenvalue weighted by Gasteiger charge is -2.07. The van der Waals surface area contributed by atoms with Gasteiger partial charge in [-0.1, -0.05) is 29.3 Å². The molecule has 5 nitrogen and oxygen atoms in total. The van der Waals surface area contributed by atoms with Gasteiger partial charge in [0.2, 0.25) is 0 Å². The van der Waals surface area contributed by atoms with Gasteiger partial charge in [-0.25, -0.2) is 18.1 Å². The predicted molar refractivity (Wildman–Crippen MR) is 81.9 cm³/mol. The molecule has 2 heterocycles. The van der Waals surface area contributed by atoms with Crippen molar-refractivity contribution in [1.29, 1.82) is 0 Å². The molecule has 0 spiro atoms. The zero-order valence-electron chi connectivity index (χ0n) is 11.4. The van der Waals surface area contributed by atoms with Crippen LogP contribution in [-0.4, -0.2) is 24.3 Å². The fourth-order valence-electron chi connectivity index (χ4n) is 2.56. The molecule has 0 saturated carbocycles. The van der Waals surface area contributed by atoms with Crippen molar-refractivity contribution < 1.29 is 8.42 Å². The smallest absolute Gasteiger partial charge is 0.259 e. The molecule has 0 amide bonds. The fourth-order valence-corrected chi connectivity index (χ4v) is 4.23. The summed E-state index contributed by atoms with van der Waals surface area (Å²) in [5, 5.41) is -0.00560. The maximum atomic E-state index is 12.4. The lowest BCUT2D eigenvalue weighted by atomic mass is 10.2. The minimum atomic E-state index is -3.67. The number of hydrogen-bond acceptors (Lipinski definition) is 3. The Morgan fingerprint density at radius 3 is 3.00 bits per heavy atom.